The fourth-order valence-electron chi connectivity index (χ4n) is 3.37. The summed E-state index contributed by atoms with van der Waals surface area (Å²) in [5, 5.41) is 0. The highest BCUT2D eigenvalue weighted by atomic mass is 32.2. The molecule has 2 atom stereocenters. The van der Waals surface area contributed by atoms with E-state index in [-0.39, 0.29) is 18.2 Å². The Hall–Kier alpha value is -1.15. The number of sulfonamides is 1. The number of benzene rings is 1. The maximum atomic E-state index is 13.0. The maximum Gasteiger partial charge on any atom is 0.243 e. The molecule has 1 aromatic carbocycles. The highest BCUT2D eigenvalue weighted by Gasteiger charge is 2.35. The lowest BCUT2D eigenvalue weighted by Gasteiger charge is -2.44. The first-order valence-electron chi connectivity index (χ1n) is 9.28. The molecule has 0 amide bonds. The van der Waals surface area contributed by atoms with Gasteiger partial charge in [-0.2, -0.15) is 4.31 Å². The number of nitrogens with zero attached hydrogens (tertiary/aromatic N) is 3. The number of ether oxygens (including phenoxy) is 1. The van der Waals surface area contributed by atoms with Gasteiger partial charge in [-0.3, -0.25) is 4.90 Å². The lowest BCUT2D eigenvalue weighted by Crippen LogP contribution is -2.58. The molecular formula is C19H33N3O3S. The van der Waals surface area contributed by atoms with Gasteiger partial charge in [0.25, 0.3) is 0 Å². The first-order valence-corrected chi connectivity index (χ1v) is 10.7. The predicted octanol–water partition coefficient (Wildman–Crippen LogP) is 2.12. The van der Waals surface area contributed by atoms with Crippen molar-refractivity contribution >= 4 is 10.0 Å². The number of piperazine rings is 1. The SMILES string of the molecule is CC(C)Oc1ccc(S(=O)(=O)N2CC(C)N(CCN(C)C)C(C)C2)cc1. The molecule has 2 rings (SSSR count). The van der Waals surface area contributed by atoms with Gasteiger partial charge in [-0.1, -0.05) is 0 Å². The number of hydrogen-bond acceptors (Lipinski definition) is 5. The van der Waals surface area contributed by atoms with Crippen LogP contribution in [0.2, 0.25) is 0 Å². The molecule has 1 aliphatic rings. The Morgan fingerprint density at radius 3 is 2.12 bits per heavy atom. The van der Waals surface area contributed by atoms with Gasteiger partial charge in [0.15, 0.2) is 0 Å². The van der Waals surface area contributed by atoms with Crippen LogP contribution < -0.4 is 4.74 Å². The first kappa shape index (κ1) is 21.2. The highest BCUT2D eigenvalue weighted by Crippen LogP contribution is 2.24. The molecule has 0 bridgehead atoms. The van der Waals surface area contributed by atoms with E-state index in [1.165, 1.54) is 0 Å². The molecular weight excluding hydrogens is 350 g/mol. The first-order chi connectivity index (χ1) is 12.1. The minimum absolute atomic E-state index is 0.0643. The van der Waals surface area contributed by atoms with Crippen LogP contribution in [0, 0.1) is 0 Å². The van der Waals surface area contributed by atoms with E-state index in [1.54, 1.807) is 28.6 Å². The quantitative estimate of drug-likeness (QED) is 0.722. The third-order valence-electron chi connectivity index (χ3n) is 4.71. The average Bonchev–Trinajstić information content (AvgIpc) is 2.53. The van der Waals surface area contributed by atoms with Crippen molar-refractivity contribution in [2.75, 3.05) is 40.3 Å². The number of rotatable bonds is 7. The van der Waals surface area contributed by atoms with Crippen molar-refractivity contribution in [2.24, 2.45) is 0 Å². The molecule has 1 fully saturated rings. The fourth-order valence-corrected chi connectivity index (χ4v) is 4.97. The second-order valence-electron chi connectivity index (χ2n) is 7.70. The van der Waals surface area contributed by atoms with Crippen molar-refractivity contribution < 1.29 is 13.2 Å². The summed E-state index contributed by atoms with van der Waals surface area (Å²) >= 11 is 0. The Morgan fingerprint density at radius 2 is 1.65 bits per heavy atom. The Kier molecular flexibility index (Phi) is 7.07. The van der Waals surface area contributed by atoms with Crippen LogP contribution in [0.3, 0.4) is 0 Å². The molecule has 7 heteroatoms. The topological polar surface area (TPSA) is 53.1 Å². The fraction of sp³-hybridized carbons (Fsp3) is 0.684. The lowest BCUT2D eigenvalue weighted by molar-refractivity contribution is 0.0708. The highest BCUT2D eigenvalue weighted by molar-refractivity contribution is 7.89. The lowest BCUT2D eigenvalue weighted by atomic mass is 10.1. The van der Waals surface area contributed by atoms with Crippen LogP contribution in [-0.2, 0) is 10.0 Å². The summed E-state index contributed by atoms with van der Waals surface area (Å²) in [6.07, 6.45) is 0.0643. The third-order valence-corrected chi connectivity index (χ3v) is 6.55. The Morgan fingerprint density at radius 1 is 1.12 bits per heavy atom. The monoisotopic (exact) mass is 383 g/mol. The normalized spacial score (nSPS) is 22.9. The van der Waals surface area contributed by atoms with Crippen LogP contribution in [-0.4, -0.2) is 81.0 Å². The van der Waals surface area contributed by atoms with E-state index in [1.807, 2.05) is 13.8 Å². The summed E-state index contributed by atoms with van der Waals surface area (Å²) in [6.45, 7) is 11.1. The molecule has 6 nitrogen and oxygen atoms in total. The molecule has 1 aliphatic heterocycles. The summed E-state index contributed by atoms with van der Waals surface area (Å²) in [7, 11) is 0.629. The van der Waals surface area contributed by atoms with Crippen molar-refractivity contribution in [1.29, 1.82) is 0 Å². The molecule has 0 aliphatic carbocycles. The van der Waals surface area contributed by atoms with Crippen LogP contribution in [0.25, 0.3) is 0 Å². The smallest absolute Gasteiger partial charge is 0.243 e. The summed E-state index contributed by atoms with van der Waals surface area (Å²) in [6, 6.07) is 7.12. The van der Waals surface area contributed by atoms with Crippen molar-refractivity contribution in [3.05, 3.63) is 24.3 Å². The molecule has 148 valence electrons. The largest absolute Gasteiger partial charge is 0.491 e. The molecule has 0 spiro atoms. The predicted molar refractivity (Wildman–Crippen MR) is 105 cm³/mol. The molecule has 0 N–H and O–H groups in total. The van der Waals surface area contributed by atoms with Crippen LogP contribution in [0.15, 0.2) is 29.2 Å². The van der Waals surface area contributed by atoms with Gasteiger partial charge in [0.2, 0.25) is 10.0 Å². The molecule has 0 saturated carbocycles. The number of hydrogen-bond donors (Lipinski definition) is 0. The van der Waals surface area contributed by atoms with Gasteiger partial charge < -0.3 is 9.64 Å². The standard InChI is InChI=1S/C19H33N3O3S/c1-15(2)25-18-7-9-19(10-8-18)26(23,24)21-13-16(3)22(17(4)14-21)12-11-20(5)6/h7-10,15-17H,11-14H2,1-6H3. The van der Waals surface area contributed by atoms with Crippen LogP contribution in [0.4, 0.5) is 0 Å². The van der Waals surface area contributed by atoms with E-state index in [9.17, 15) is 8.42 Å². The van der Waals surface area contributed by atoms with E-state index >= 15 is 0 Å². The van der Waals surface area contributed by atoms with Gasteiger partial charge in [0.1, 0.15) is 5.75 Å². The van der Waals surface area contributed by atoms with Gasteiger partial charge in [0, 0.05) is 38.3 Å². The van der Waals surface area contributed by atoms with Crippen molar-refractivity contribution in [3.63, 3.8) is 0 Å². The summed E-state index contributed by atoms with van der Waals surface area (Å²) in [5.41, 5.74) is 0. The van der Waals surface area contributed by atoms with E-state index in [2.05, 4.69) is 37.7 Å². The average molecular weight is 384 g/mol. The molecule has 1 heterocycles. The summed E-state index contributed by atoms with van der Waals surface area (Å²) < 4.78 is 33.3. The molecule has 1 saturated heterocycles. The van der Waals surface area contributed by atoms with Gasteiger partial charge in [0.05, 0.1) is 11.0 Å². The Bertz CT molecular complexity index is 662. The maximum absolute atomic E-state index is 13.0. The van der Waals surface area contributed by atoms with Crippen molar-refractivity contribution in [3.8, 4) is 5.75 Å². The van der Waals surface area contributed by atoms with Gasteiger partial charge in [-0.15, -0.1) is 0 Å². The van der Waals surface area contributed by atoms with Gasteiger partial charge in [-0.05, 0) is 66.1 Å². The molecule has 1 aromatic rings. The second kappa shape index (κ2) is 8.69. The van der Waals surface area contributed by atoms with Gasteiger partial charge >= 0.3 is 0 Å². The zero-order chi connectivity index (χ0) is 19.5. The van der Waals surface area contributed by atoms with Crippen molar-refractivity contribution in [1.82, 2.24) is 14.1 Å². The van der Waals surface area contributed by atoms with Crippen LogP contribution >= 0.6 is 0 Å². The molecule has 0 aromatic heterocycles. The molecule has 26 heavy (non-hydrogen) atoms. The van der Waals surface area contributed by atoms with Crippen LogP contribution in [0.5, 0.6) is 5.75 Å². The third kappa shape index (κ3) is 5.19. The van der Waals surface area contributed by atoms with Crippen LogP contribution in [0.1, 0.15) is 27.7 Å². The summed E-state index contributed by atoms with van der Waals surface area (Å²) in [4.78, 5) is 4.88. The minimum atomic E-state index is -3.49. The van der Waals surface area contributed by atoms with Crippen molar-refractivity contribution in [2.45, 2.75) is 50.8 Å². The van der Waals surface area contributed by atoms with E-state index in [0.717, 1.165) is 13.1 Å². The Balaban J connectivity index is 2.10. The summed E-state index contributed by atoms with van der Waals surface area (Å²) in [5.74, 6) is 0.689. The van der Waals surface area contributed by atoms with Gasteiger partial charge in [-0.25, -0.2) is 8.42 Å². The molecule has 0 radical (unpaired) electrons. The number of likely N-dealkylation sites (N-methyl/N-ethyl adjacent to an activating group) is 1. The Labute approximate surface area is 158 Å². The zero-order valence-electron chi connectivity index (χ0n) is 16.8. The van der Waals surface area contributed by atoms with E-state index in [0.29, 0.717) is 23.7 Å². The molecule has 2 unspecified atom stereocenters. The van der Waals surface area contributed by atoms with E-state index in [4.69, 9.17) is 4.74 Å². The second-order valence-corrected chi connectivity index (χ2v) is 9.64. The van der Waals surface area contributed by atoms with E-state index < -0.39 is 10.0 Å². The minimum Gasteiger partial charge on any atom is -0.491 e. The zero-order valence-corrected chi connectivity index (χ0v) is 17.7.